The predicted molar refractivity (Wildman–Crippen MR) is 73.0 cm³/mol. The Morgan fingerprint density at radius 1 is 1.59 bits per heavy atom. The third kappa shape index (κ3) is 3.74. The van der Waals surface area contributed by atoms with Crippen LogP contribution in [-0.2, 0) is 0 Å². The maximum atomic E-state index is 9.03. The van der Waals surface area contributed by atoms with Crippen molar-refractivity contribution < 1.29 is 0 Å². The van der Waals surface area contributed by atoms with Crippen LogP contribution in [0.3, 0.4) is 0 Å². The van der Waals surface area contributed by atoms with Gasteiger partial charge in [-0.05, 0) is 29.9 Å². The fourth-order valence-corrected chi connectivity index (χ4v) is 1.34. The van der Waals surface area contributed by atoms with Gasteiger partial charge in [-0.1, -0.05) is 6.07 Å². The molecule has 3 N–H and O–H groups in total. The van der Waals surface area contributed by atoms with E-state index in [1.54, 1.807) is 12.3 Å². The van der Waals surface area contributed by atoms with Crippen molar-refractivity contribution in [3.8, 4) is 6.07 Å². The summed E-state index contributed by atoms with van der Waals surface area (Å²) in [7, 11) is 3.77. The molecule has 0 aliphatic carbocycles. The molecule has 0 spiro atoms. The van der Waals surface area contributed by atoms with Crippen molar-refractivity contribution in [1.82, 2.24) is 5.43 Å². The molecule has 0 atom stereocenters. The van der Waals surface area contributed by atoms with E-state index in [1.165, 1.54) is 0 Å². The van der Waals surface area contributed by atoms with Gasteiger partial charge >= 0.3 is 0 Å². The first-order chi connectivity index (χ1) is 8.04. The van der Waals surface area contributed by atoms with Crippen LogP contribution in [0.25, 0.3) is 0 Å². The summed E-state index contributed by atoms with van der Waals surface area (Å²) < 4.78 is 0. The lowest BCUT2D eigenvalue weighted by Crippen LogP contribution is -2.24. The van der Waals surface area contributed by atoms with E-state index in [2.05, 4.69) is 28.8 Å². The minimum atomic E-state index is 0.103. The topological polar surface area (TPSA) is 77.4 Å². The lowest BCUT2D eigenvalue weighted by Gasteiger charge is -2.14. The highest BCUT2D eigenvalue weighted by Gasteiger charge is 2.04. The maximum Gasteiger partial charge on any atom is 0.184 e. The molecular weight excluding hydrogens is 234 g/mol. The number of nitrogens with two attached hydrogens (primary N) is 1. The largest absolute Gasteiger partial charge is 0.377 e. The summed E-state index contributed by atoms with van der Waals surface area (Å²) in [6, 6.07) is 7.62. The van der Waals surface area contributed by atoms with Crippen LogP contribution in [0.1, 0.15) is 11.1 Å². The molecule has 0 heterocycles. The first kappa shape index (κ1) is 12.9. The SMILES string of the molecule is CN(C)c1ccc(C=NNC(N)=S)cc1C#N. The molecule has 88 valence electrons. The average molecular weight is 247 g/mol. The molecule has 0 aromatic heterocycles. The van der Waals surface area contributed by atoms with Crippen LogP contribution >= 0.6 is 12.2 Å². The molecule has 1 rings (SSSR count). The van der Waals surface area contributed by atoms with Gasteiger partial charge in [0.05, 0.1) is 17.5 Å². The molecule has 0 radical (unpaired) electrons. The molecule has 0 fully saturated rings. The van der Waals surface area contributed by atoms with Crippen LogP contribution in [0.4, 0.5) is 5.69 Å². The summed E-state index contributed by atoms with van der Waals surface area (Å²) in [6.07, 6.45) is 1.56. The van der Waals surface area contributed by atoms with Crippen molar-refractivity contribution in [3.63, 3.8) is 0 Å². The zero-order chi connectivity index (χ0) is 12.8. The number of nitrogens with zero attached hydrogens (tertiary/aromatic N) is 3. The molecule has 0 aliphatic rings. The molecule has 0 bridgehead atoms. The standard InChI is InChI=1S/C11H13N5S/c1-16(2)10-4-3-8(5-9(10)6-12)7-14-15-11(13)17/h3-5,7H,1-2H3,(H3,13,15,17). The summed E-state index contributed by atoms with van der Waals surface area (Å²) in [5.41, 5.74) is 9.94. The number of benzene rings is 1. The molecule has 1 aromatic rings. The Morgan fingerprint density at radius 3 is 2.82 bits per heavy atom. The molecular formula is C11H13N5S. The van der Waals surface area contributed by atoms with E-state index in [0.717, 1.165) is 11.3 Å². The van der Waals surface area contributed by atoms with Gasteiger partial charge < -0.3 is 10.6 Å². The molecule has 0 saturated carbocycles. The highest BCUT2D eigenvalue weighted by molar-refractivity contribution is 7.80. The van der Waals surface area contributed by atoms with E-state index < -0.39 is 0 Å². The molecule has 0 aliphatic heterocycles. The highest BCUT2D eigenvalue weighted by atomic mass is 32.1. The van der Waals surface area contributed by atoms with Crippen LogP contribution in [0.5, 0.6) is 0 Å². The van der Waals surface area contributed by atoms with E-state index >= 15 is 0 Å². The fourth-order valence-electron chi connectivity index (χ4n) is 1.28. The lowest BCUT2D eigenvalue weighted by molar-refractivity contribution is 1.04. The van der Waals surface area contributed by atoms with Crippen LogP contribution in [-0.4, -0.2) is 25.4 Å². The van der Waals surface area contributed by atoms with Crippen molar-refractivity contribution in [3.05, 3.63) is 29.3 Å². The van der Waals surface area contributed by atoms with Crippen LogP contribution < -0.4 is 16.1 Å². The van der Waals surface area contributed by atoms with Gasteiger partial charge in [0.15, 0.2) is 5.11 Å². The number of anilines is 1. The minimum absolute atomic E-state index is 0.103. The number of rotatable bonds is 3. The molecule has 0 unspecified atom stereocenters. The number of thiocarbonyl (C=S) groups is 1. The molecule has 0 saturated heterocycles. The summed E-state index contributed by atoms with van der Waals surface area (Å²) in [6.45, 7) is 0. The number of hydrogen-bond acceptors (Lipinski definition) is 4. The van der Waals surface area contributed by atoms with Gasteiger partial charge in [-0.2, -0.15) is 10.4 Å². The van der Waals surface area contributed by atoms with E-state index in [0.29, 0.717) is 5.56 Å². The van der Waals surface area contributed by atoms with Gasteiger partial charge in [0, 0.05) is 14.1 Å². The number of nitrogens with one attached hydrogen (secondary N) is 1. The predicted octanol–water partition coefficient (Wildman–Crippen LogP) is 0.791. The van der Waals surface area contributed by atoms with Crippen LogP contribution in [0.15, 0.2) is 23.3 Å². The monoisotopic (exact) mass is 247 g/mol. The van der Waals surface area contributed by atoms with Crippen molar-refractivity contribution in [2.75, 3.05) is 19.0 Å². The quantitative estimate of drug-likeness (QED) is 0.469. The third-order valence-electron chi connectivity index (χ3n) is 2.01. The van der Waals surface area contributed by atoms with Gasteiger partial charge in [0.2, 0.25) is 0 Å². The zero-order valence-electron chi connectivity index (χ0n) is 9.64. The molecule has 1 aromatic carbocycles. The minimum Gasteiger partial charge on any atom is -0.377 e. The van der Waals surface area contributed by atoms with Crippen LogP contribution in [0.2, 0.25) is 0 Å². The maximum absolute atomic E-state index is 9.03. The van der Waals surface area contributed by atoms with Crippen molar-refractivity contribution >= 4 is 29.2 Å². The summed E-state index contributed by atoms with van der Waals surface area (Å²) in [5.74, 6) is 0. The van der Waals surface area contributed by atoms with Gasteiger partial charge in [-0.15, -0.1) is 0 Å². The summed E-state index contributed by atoms with van der Waals surface area (Å²) in [4.78, 5) is 1.88. The second kappa shape index (κ2) is 5.82. The first-order valence-electron chi connectivity index (χ1n) is 4.84. The molecule has 6 heteroatoms. The molecule has 5 nitrogen and oxygen atoms in total. The van der Waals surface area contributed by atoms with Crippen molar-refractivity contribution in [2.24, 2.45) is 10.8 Å². The normalized spacial score (nSPS) is 9.94. The smallest absolute Gasteiger partial charge is 0.184 e. The second-order valence-electron chi connectivity index (χ2n) is 3.52. The third-order valence-corrected chi connectivity index (χ3v) is 2.10. The average Bonchev–Trinajstić information content (AvgIpc) is 2.28. The Kier molecular flexibility index (Phi) is 4.43. The van der Waals surface area contributed by atoms with E-state index in [1.807, 2.05) is 31.1 Å². The van der Waals surface area contributed by atoms with Gasteiger partial charge in [-0.3, -0.25) is 5.43 Å². The molecule has 0 amide bonds. The van der Waals surface area contributed by atoms with Gasteiger partial charge in [0.25, 0.3) is 0 Å². The lowest BCUT2D eigenvalue weighted by atomic mass is 10.1. The molecule has 17 heavy (non-hydrogen) atoms. The highest BCUT2D eigenvalue weighted by Crippen LogP contribution is 2.18. The van der Waals surface area contributed by atoms with E-state index in [4.69, 9.17) is 11.0 Å². The fraction of sp³-hybridized carbons (Fsp3) is 0.182. The Hall–Kier alpha value is -2.13. The number of hydrogen-bond donors (Lipinski definition) is 2. The van der Waals surface area contributed by atoms with Gasteiger partial charge in [0.1, 0.15) is 6.07 Å². The van der Waals surface area contributed by atoms with E-state index in [-0.39, 0.29) is 5.11 Å². The Morgan fingerprint density at radius 2 is 2.29 bits per heavy atom. The van der Waals surface area contributed by atoms with Crippen molar-refractivity contribution in [1.29, 1.82) is 5.26 Å². The van der Waals surface area contributed by atoms with E-state index in [9.17, 15) is 0 Å². The Labute approximate surface area is 106 Å². The summed E-state index contributed by atoms with van der Waals surface area (Å²) in [5, 5.41) is 13.0. The van der Waals surface area contributed by atoms with Gasteiger partial charge in [-0.25, -0.2) is 0 Å². The second-order valence-corrected chi connectivity index (χ2v) is 3.96. The zero-order valence-corrected chi connectivity index (χ0v) is 10.5. The van der Waals surface area contributed by atoms with Crippen molar-refractivity contribution in [2.45, 2.75) is 0 Å². The Balaban J connectivity index is 2.95. The number of nitriles is 1. The number of hydrazone groups is 1. The first-order valence-corrected chi connectivity index (χ1v) is 5.25. The van der Waals surface area contributed by atoms with Crippen LogP contribution in [0, 0.1) is 11.3 Å². The Bertz CT molecular complexity index is 487. The summed E-state index contributed by atoms with van der Waals surface area (Å²) >= 11 is 4.61.